The zero-order valence-corrected chi connectivity index (χ0v) is 13.6. The number of carbonyl (C=O) groups excluding carboxylic acids is 2. The van der Waals surface area contributed by atoms with Crippen LogP contribution in [-0.4, -0.2) is 23.3 Å². The first-order valence-corrected chi connectivity index (χ1v) is 7.96. The van der Waals surface area contributed by atoms with E-state index in [9.17, 15) is 9.59 Å². The van der Waals surface area contributed by atoms with Gasteiger partial charge in [0.25, 0.3) is 0 Å². The first-order chi connectivity index (χ1) is 12.1. The van der Waals surface area contributed by atoms with Gasteiger partial charge in [0, 0.05) is 12.6 Å². The summed E-state index contributed by atoms with van der Waals surface area (Å²) in [5, 5.41) is 9.12. The molecule has 0 fully saturated rings. The summed E-state index contributed by atoms with van der Waals surface area (Å²) in [4.78, 5) is 26.1. The third kappa shape index (κ3) is 3.29. The van der Waals surface area contributed by atoms with Gasteiger partial charge in [-0.3, -0.25) is 9.59 Å². The smallest absolute Gasteiger partial charge is 0.247 e. The molecule has 1 atom stereocenters. The van der Waals surface area contributed by atoms with E-state index in [1.54, 1.807) is 30.3 Å². The second kappa shape index (κ2) is 7.02. The van der Waals surface area contributed by atoms with Gasteiger partial charge in [-0.25, -0.2) is 0 Å². The van der Waals surface area contributed by atoms with Crippen molar-refractivity contribution in [1.29, 1.82) is 5.26 Å². The van der Waals surface area contributed by atoms with E-state index in [1.807, 2.05) is 24.3 Å². The van der Waals surface area contributed by atoms with Crippen molar-refractivity contribution >= 4 is 17.9 Å². The molecule has 3 rings (SSSR count). The number of primary amides is 1. The Hall–Kier alpha value is -3.39. The highest BCUT2D eigenvalue weighted by molar-refractivity contribution is 5.96. The van der Waals surface area contributed by atoms with Gasteiger partial charge < -0.3 is 10.6 Å². The highest BCUT2D eigenvalue weighted by Crippen LogP contribution is 2.29. The summed E-state index contributed by atoms with van der Waals surface area (Å²) >= 11 is 0. The molecule has 124 valence electrons. The Balaban J connectivity index is 1.88. The molecule has 5 nitrogen and oxygen atoms in total. The molecule has 1 heterocycles. The fraction of sp³-hybridized carbons (Fsp3) is 0.150. The molecular formula is C20H17N3O2. The summed E-state index contributed by atoms with van der Waals surface area (Å²) in [5.74, 6) is -0.850. The SMILES string of the molecule is N#Cc1ccccc1/C=C/C(=O)N1CCc2ccccc2C1C(N)=O. The molecule has 0 bridgehead atoms. The normalized spacial score (nSPS) is 16.3. The van der Waals surface area contributed by atoms with E-state index in [0.717, 1.165) is 11.1 Å². The number of carbonyl (C=O) groups is 2. The monoisotopic (exact) mass is 331 g/mol. The van der Waals surface area contributed by atoms with E-state index in [2.05, 4.69) is 6.07 Å². The van der Waals surface area contributed by atoms with Gasteiger partial charge in [0.05, 0.1) is 11.6 Å². The van der Waals surface area contributed by atoms with Crippen molar-refractivity contribution in [2.75, 3.05) is 6.54 Å². The van der Waals surface area contributed by atoms with Crippen LogP contribution in [0.2, 0.25) is 0 Å². The Bertz CT molecular complexity index is 896. The second-order valence-corrected chi connectivity index (χ2v) is 5.82. The van der Waals surface area contributed by atoms with Gasteiger partial charge in [0.2, 0.25) is 11.8 Å². The molecule has 2 aromatic rings. The maximum absolute atomic E-state index is 12.6. The number of nitrogens with two attached hydrogens (primary N) is 1. The number of hydrogen-bond donors (Lipinski definition) is 1. The molecule has 1 unspecified atom stereocenters. The van der Waals surface area contributed by atoms with Crippen LogP contribution in [0.4, 0.5) is 0 Å². The Morgan fingerprint density at radius 1 is 1.16 bits per heavy atom. The number of hydrogen-bond acceptors (Lipinski definition) is 3. The number of fused-ring (bicyclic) bond motifs is 1. The van der Waals surface area contributed by atoms with Crippen LogP contribution in [0, 0.1) is 11.3 Å². The van der Waals surface area contributed by atoms with Gasteiger partial charge in [-0.15, -0.1) is 0 Å². The molecule has 1 aliphatic heterocycles. The lowest BCUT2D eigenvalue weighted by Crippen LogP contribution is -2.45. The minimum atomic E-state index is -0.770. The zero-order chi connectivity index (χ0) is 17.8. The Kier molecular flexibility index (Phi) is 4.62. The maximum atomic E-state index is 12.6. The largest absolute Gasteiger partial charge is 0.368 e. The lowest BCUT2D eigenvalue weighted by atomic mass is 9.92. The molecule has 0 aliphatic carbocycles. The van der Waals surface area contributed by atoms with Gasteiger partial charge in [-0.2, -0.15) is 5.26 Å². The Morgan fingerprint density at radius 2 is 1.88 bits per heavy atom. The standard InChI is InChI=1S/C20H17N3O2/c21-13-16-7-2-1-5-14(16)9-10-18(24)23-12-11-15-6-3-4-8-17(15)19(23)20(22)25/h1-10,19H,11-12H2,(H2,22,25)/b10-9+. The van der Waals surface area contributed by atoms with Crippen LogP contribution in [-0.2, 0) is 16.0 Å². The third-order valence-electron chi connectivity index (χ3n) is 4.32. The fourth-order valence-electron chi connectivity index (χ4n) is 3.11. The van der Waals surface area contributed by atoms with E-state index in [1.165, 1.54) is 11.0 Å². The zero-order valence-electron chi connectivity index (χ0n) is 13.6. The fourth-order valence-corrected chi connectivity index (χ4v) is 3.11. The molecule has 2 N–H and O–H groups in total. The highest BCUT2D eigenvalue weighted by Gasteiger charge is 2.33. The molecule has 0 saturated heterocycles. The first-order valence-electron chi connectivity index (χ1n) is 7.96. The third-order valence-corrected chi connectivity index (χ3v) is 4.32. The topological polar surface area (TPSA) is 87.2 Å². The van der Waals surface area contributed by atoms with Gasteiger partial charge >= 0.3 is 0 Å². The number of nitrogens with zero attached hydrogens (tertiary/aromatic N) is 2. The van der Waals surface area contributed by atoms with Gasteiger partial charge in [-0.1, -0.05) is 42.5 Å². The predicted molar refractivity (Wildman–Crippen MR) is 94.0 cm³/mol. The van der Waals surface area contributed by atoms with E-state index in [4.69, 9.17) is 11.0 Å². The molecule has 2 amide bonds. The lowest BCUT2D eigenvalue weighted by molar-refractivity contribution is -0.136. The summed E-state index contributed by atoms with van der Waals surface area (Å²) in [6.45, 7) is 0.424. The van der Waals surface area contributed by atoms with Crippen LogP contribution >= 0.6 is 0 Å². The van der Waals surface area contributed by atoms with Crippen LogP contribution in [0.1, 0.15) is 28.3 Å². The lowest BCUT2D eigenvalue weighted by Gasteiger charge is -2.34. The van der Waals surface area contributed by atoms with Crippen molar-refractivity contribution < 1.29 is 9.59 Å². The van der Waals surface area contributed by atoms with Crippen molar-refractivity contribution in [2.45, 2.75) is 12.5 Å². The average Bonchev–Trinajstić information content (AvgIpc) is 2.65. The van der Waals surface area contributed by atoms with Crippen LogP contribution in [0.15, 0.2) is 54.6 Å². The van der Waals surface area contributed by atoms with Crippen LogP contribution in [0.3, 0.4) is 0 Å². The maximum Gasteiger partial charge on any atom is 0.247 e. The van der Waals surface area contributed by atoms with E-state index < -0.39 is 11.9 Å². The first kappa shape index (κ1) is 16.5. The molecular weight excluding hydrogens is 314 g/mol. The van der Waals surface area contributed by atoms with Crippen molar-refractivity contribution in [2.24, 2.45) is 5.73 Å². The van der Waals surface area contributed by atoms with Crippen molar-refractivity contribution in [1.82, 2.24) is 4.90 Å². The molecule has 0 aromatic heterocycles. The van der Waals surface area contributed by atoms with Crippen LogP contribution < -0.4 is 5.73 Å². The molecule has 25 heavy (non-hydrogen) atoms. The minimum absolute atomic E-state index is 0.300. The average molecular weight is 331 g/mol. The number of benzene rings is 2. The van der Waals surface area contributed by atoms with Gasteiger partial charge in [0.15, 0.2) is 0 Å². The van der Waals surface area contributed by atoms with Crippen LogP contribution in [0.5, 0.6) is 0 Å². The molecule has 5 heteroatoms. The summed E-state index contributed by atoms with van der Waals surface area (Å²) in [5.41, 5.74) is 8.52. The van der Waals surface area contributed by atoms with Crippen molar-refractivity contribution in [3.8, 4) is 6.07 Å². The predicted octanol–water partition coefficient (Wildman–Crippen LogP) is 2.18. The summed E-state index contributed by atoms with van der Waals surface area (Å²) in [6.07, 6.45) is 3.66. The molecule has 1 aliphatic rings. The van der Waals surface area contributed by atoms with Crippen molar-refractivity contribution in [3.05, 3.63) is 76.9 Å². The van der Waals surface area contributed by atoms with Crippen molar-refractivity contribution in [3.63, 3.8) is 0 Å². The number of rotatable bonds is 3. The summed E-state index contributed by atoms with van der Waals surface area (Å²) in [7, 11) is 0. The molecule has 2 aromatic carbocycles. The second-order valence-electron chi connectivity index (χ2n) is 5.82. The van der Waals surface area contributed by atoms with E-state index >= 15 is 0 Å². The summed E-state index contributed by atoms with van der Waals surface area (Å²) in [6, 6.07) is 15.9. The molecule has 0 saturated carbocycles. The Morgan fingerprint density at radius 3 is 2.64 bits per heavy atom. The highest BCUT2D eigenvalue weighted by atomic mass is 16.2. The van der Waals surface area contributed by atoms with E-state index in [0.29, 0.717) is 24.1 Å². The quantitative estimate of drug-likeness (QED) is 0.875. The number of amides is 2. The van der Waals surface area contributed by atoms with Crippen LogP contribution in [0.25, 0.3) is 6.08 Å². The molecule has 0 spiro atoms. The minimum Gasteiger partial charge on any atom is -0.368 e. The number of nitriles is 1. The summed E-state index contributed by atoms with van der Waals surface area (Å²) < 4.78 is 0. The van der Waals surface area contributed by atoms with Gasteiger partial charge in [-0.05, 0) is 35.3 Å². The van der Waals surface area contributed by atoms with E-state index in [-0.39, 0.29) is 5.91 Å². The van der Waals surface area contributed by atoms with Gasteiger partial charge in [0.1, 0.15) is 6.04 Å². The molecule has 0 radical (unpaired) electrons. The Labute approximate surface area is 146 Å².